The molecule has 0 spiro atoms. The van der Waals surface area contributed by atoms with Crippen molar-refractivity contribution in [1.82, 2.24) is 9.55 Å². The van der Waals surface area contributed by atoms with Crippen molar-refractivity contribution in [2.45, 2.75) is 6.61 Å². The second-order valence-corrected chi connectivity index (χ2v) is 5.68. The van der Waals surface area contributed by atoms with Crippen molar-refractivity contribution in [2.75, 3.05) is 11.9 Å². The van der Waals surface area contributed by atoms with E-state index < -0.39 is 5.82 Å². The second kappa shape index (κ2) is 7.92. The quantitative estimate of drug-likeness (QED) is 0.728. The van der Waals surface area contributed by atoms with Gasteiger partial charge in [-0.2, -0.15) is 0 Å². The zero-order chi connectivity index (χ0) is 17.6. The molecule has 0 unspecified atom stereocenters. The Morgan fingerprint density at radius 3 is 2.84 bits per heavy atom. The molecule has 0 radical (unpaired) electrons. The number of hydrogen-bond donors (Lipinski definition) is 1. The first kappa shape index (κ1) is 17.1. The average molecular weight is 360 g/mol. The van der Waals surface area contributed by atoms with Crippen LogP contribution in [0.2, 0.25) is 5.02 Å². The van der Waals surface area contributed by atoms with E-state index in [2.05, 4.69) is 10.3 Å². The first-order valence-electron chi connectivity index (χ1n) is 7.52. The third kappa shape index (κ3) is 4.43. The molecule has 1 amide bonds. The third-order valence-corrected chi connectivity index (χ3v) is 3.83. The lowest BCUT2D eigenvalue weighted by atomic mass is 10.2. The fourth-order valence-electron chi connectivity index (χ4n) is 2.26. The van der Waals surface area contributed by atoms with Crippen molar-refractivity contribution in [3.8, 4) is 5.69 Å². The fourth-order valence-corrected chi connectivity index (χ4v) is 2.45. The maximum Gasteiger partial charge on any atom is 0.250 e. The smallest absolute Gasteiger partial charge is 0.250 e. The van der Waals surface area contributed by atoms with Crippen LogP contribution in [0.1, 0.15) is 5.56 Å². The molecule has 0 atom stereocenters. The number of nitrogens with one attached hydrogen (secondary N) is 1. The van der Waals surface area contributed by atoms with Gasteiger partial charge in [0.05, 0.1) is 18.6 Å². The predicted octanol–water partition coefficient (Wildman–Crippen LogP) is 3.82. The zero-order valence-electron chi connectivity index (χ0n) is 13.2. The molecular weight excluding hydrogens is 345 g/mol. The van der Waals surface area contributed by atoms with E-state index in [4.69, 9.17) is 16.3 Å². The van der Waals surface area contributed by atoms with Gasteiger partial charge in [-0.3, -0.25) is 4.79 Å². The normalized spacial score (nSPS) is 10.6. The van der Waals surface area contributed by atoms with Crippen molar-refractivity contribution in [2.24, 2.45) is 0 Å². The number of aromatic nitrogens is 2. The first-order valence-corrected chi connectivity index (χ1v) is 7.90. The van der Waals surface area contributed by atoms with Gasteiger partial charge in [-0.25, -0.2) is 9.37 Å². The lowest BCUT2D eigenvalue weighted by molar-refractivity contribution is -0.121. The molecule has 0 saturated heterocycles. The highest BCUT2D eigenvalue weighted by Crippen LogP contribution is 2.18. The van der Waals surface area contributed by atoms with E-state index in [1.165, 1.54) is 12.4 Å². The molecule has 1 N–H and O–H groups in total. The third-order valence-electron chi connectivity index (χ3n) is 3.46. The number of ether oxygens (including phenoxy) is 1. The molecule has 7 heteroatoms. The van der Waals surface area contributed by atoms with Crippen molar-refractivity contribution >= 4 is 23.2 Å². The number of benzene rings is 2. The zero-order valence-corrected chi connectivity index (χ0v) is 13.9. The lowest BCUT2D eigenvalue weighted by Gasteiger charge is -2.09. The standard InChI is InChI=1S/C18H15ClFN3O2/c19-15-4-2-1-3-13(15)10-25-11-18(24)22-14-5-6-17(16(20)9-14)23-8-7-21-12-23/h1-9,12H,10-11H2,(H,22,24). The highest BCUT2D eigenvalue weighted by molar-refractivity contribution is 6.31. The molecular formula is C18H15ClFN3O2. The highest BCUT2D eigenvalue weighted by atomic mass is 35.5. The van der Waals surface area contributed by atoms with Crippen LogP contribution >= 0.6 is 11.6 Å². The number of hydrogen-bond acceptors (Lipinski definition) is 3. The van der Waals surface area contributed by atoms with Gasteiger partial charge < -0.3 is 14.6 Å². The molecule has 2 aromatic carbocycles. The van der Waals surface area contributed by atoms with Crippen LogP contribution in [0.5, 0.6) is 0 Å². The number of amides is 1. The van der Waals surface area contributed by atoms with Gasteiger partial charge in [-0.05, 0) is 29.8 Å². The van der Waals surface area contributed by atoms with Crippen LogP contribution in [0.4, 0.5) is 10.1 Å². The number of nitrogens with zero attached hydrogens (tertiary/aromatic N) is 2. The van der Waals surface area contributed by atoms with E-state index in [0.29, 0.717) is 16.4 Å². The van der Waals surface area contributed by atoms with E-state index >= 15 is 0 Å². The van der Waals surface area contributed by atoms with E-state index in [9.17, 15) is 9.18 Å². The van der Waals surface area contributed by atoms with Gasteiger partial charge in [-0.15, -0.1) is 0 Å². The molecule has 0 aliphatic heterocycles. The molecule has 0 bridgehead atoms. The topological polar surface area (TPSA) is 56.1 Å². The van der Waals surface area contributed by atoms with Gasteiger partial charge in [0.25, 0.3) is 0 Å². The molecule has 0 aliphatic rings. The highest BCUT2D eigenvalue weighted by Gasteiger charge is 2.08. The predicted molar refractivity (Wildman–Crippen MR) is 93.3 cm³/mol. The van der Waals surface area contributed by atoms with Crippen molar-refractivity contribution < 1.29 is 13.9 Å². The minimum atomic E-state index is -0.465. The van der Waals surface area contributed by atoms with Crippen LogP contribution in [0.3, 0.4) is 0 Å². The largest absolute Gasteiger partial charge is 0.367 e. The number of imidazole rings is 1. The Balaban J connectivity index is 1.54. The Kier molecular flexibility index (Phi) is 5.42. The summed E-state index contributed by atoms with van der Waals surface area (Å²) >= 11 is 6.02. The monoisotopic (exact) mass is 359 g/mol. The molecule has 1 heterocycles. The van der Waals surface area contributed by atoms with Gasteiger partial charge in [-0.1, -0.05) is 29.8 Å². The summed E-state index contributed by atoms with van der Waals surface area (Å²) in [6.07, 6.45) is 4.70. The first-order chi connectivity index (χ1) is 12.1. The summed E-state index contributed by atoms with van der Waals surface area (Å²) < 4.78 is 21.0. The van der Waals surface area contributed by atoms with Gasteiger partial charge in [0.1, 0.15) is 12.4 Å². The van der Waals surface area contributed by atoms with E-state index in [-0.39, 0.29) is 19.1 Å². The Morgan fingerprint density at radius 2 is 2.12 bits per heavy atom. The second-order valence-electron chi connectivity index (χ2n) is 5.27. The van der Waals surface area contributed by atoms with Gasteiger partial charge in [0, 0.05) is 23.1 Å². The van der Waals surface area contributed by atoms with E-state index in [0.717, 1.165) is 5.56 Å². The van der Waals surface area contributed by atoms with Crippen LogP contribution in [-0.4, -0.2) is 22.1 Å². The van der Waals surface area contributed by atoms with Crippen LogP contribution in [-0.2, 0) is 16.1 Å². The van der Waals surface area contributed by atoms with Crippen molar-refractivity contribution in [3.63, 3.8) is 0 Å². The maximum absolute atomic E-state index is 14.1. The number of rotatable bonds is 6. The Hall–Kier alpha value is -2.70. The van der Waals surface area contributed by atoms with Crippen LogP contribution in [0.25, 0.3) is 5.69 Å². The Morgan fingerprint density at radius 1 is 1.28 bits per heavy atom. The van der Waals surface area contributed by atoms with Crippen molar-refractivity contribution in [3.05, 3.63) is 77.6 Å². The van der Waals surface area contributed by atoms with Crippen LogP contribution < -0.4 is 5.32 Å². The fraction of sp³-hybridized carbons (Fsp3) is 0.111. The van der Waals surface area contributed by atoms with Crippen LogP contribution in [0, 0.1) is 5.82 Å². The molecule has 1 aromatic heterocycles. The number of carbonyl (C=O) groups is 1. The van der Waals surface area contributed by atoms with Crippen LogP contribution in [0.15, 0.2) is 61.2 Å². The molecule has 3 rings (SSSR count). The molecule has 5 nitrogen and oxygen atoms in total. The minimum absolute atomic E-state index is 0.157. The number of anilines is 1. The molecule has 0 saturated carbocycles. The average Bonchev–Trinajstić information content (AvgIpc) is 3.11. The Bertz CT molecular complexity index is 869. The summed E-state index contributed by atoms with van der Waals surface area (Å²) in [4.78, 5) is 15.8. The molecule has 0 aliphatic carbocycles. The molecule has 3 aromatic rings. The Labute approximate surface area is 149 Å². The summed E-state index contributed by atoms with van der Waals surface area (Å²) in [5.74, 6) is -0.838. The SMILES string of the molecule is O=C(COCc1ccccc1Cl)Nc1ccc(-n2ccnc2)c(F)c1. The minimum Gasteiger partial charge on any atom is -0.367 e. The van der Waals surface area contributed by atoms with Gasteiger partial charge >= 0.3 is 0 Å². The van der Waals surface area contributed by atoms with Crippen molar-refractivity contribution in [1.29, 1.82) is 0 Å². The molecule has 25 heavy (non-hydrogen) atoms. The van der Waals surface area contributed by atoms with E-state index in [1.807, 2.05) is 18.2 Å². The summed E-state index contributed by atoms with van der Waals surface area (Å²) in [7, 11) is 0. The maximum atomic E-state index is 14.1. The summed E-state index contributed by atoms with van der Waals surface area (Å²) in [6.45, 7) is 0.0666. The summed E-state index contributed by atoms with van der Waals surface area (Å²) in [5, 5.41) is 3.18. The molecule has 128 valence electrons. The van der Waals surface area contributed by atoms with E-state index in [1.54, 1.807) is 35.2 Å². The lowest BCUT2D eigenvalue weighted by Crippen LogP contribution is -2.18. The molecule has 0 fully saturated rings. The number of halogens is 2. The summed E-state index contributed by atoms with van der Waals surface area (Å²) in [5.41, 5.74) is 1.51. The van der Waals surface area contributed by atoms with Gasteiger partial charge in [0.2, 0.25) is 5.91 Å². The summed E-state index contributed by atoms with van der Waals surface area (Å²) in [6, 6.07) is 11.7. The van der Waals surface area contributed by atoms with Gasteiger partial charge in [0.15, 0.2) is 0 Å². The number of carbonyl (C=O) groups excluding carboxylic acids is 1.